The Morgan fingerprint density at radius 2 is 2.12 bits per heavy atom. The molecule has 88 valence electrons. The number of pyridine rings is 2. The number of nitrogens with one attached hydrogen (secondary N) is 2. The quantitative estimate of drug-likeness (QED) is 0.850. The maximum Gasteiger partial charge on any atom is 0.271 e. The summed E-state index contributed by atoms with van der Waals surface area (Å²) in [4.78, 5) is 18.5. The Morgan fingerprint density at radius 1 is 1.29 bits per heavy atom. The van der Waals surface area contributed by atoms with Gasteiger partial charge in [0.2, 0.25) is 0 Å². The Morgan fingerprint density at radius 3 is 2.82 bits per heavy atom. The van der Waals surface area contributed by atoms with Gasteiger partial charge in [-0.3, -0.25) is 4.79 Å². The number of H-pyrrole nitrogens is 1. The molecule has 0 unspecified atom stereocenters. The highest BCUT2D eigenvalue weighted by Crippen LogP contribution is 2.23. The third-order valence-electron chi connectivity index (χ3n) is 2.53. The van der Waals surface area contributed by atoms with Crippen LogP contribution in [-0.4, -0.2) is 9.97 Å². The summed E-state index contributed by atoms with van der Waals surface area (Å²) in [5.41, 5.74) is 1.46. The summed E-state index contributed by atoms with van der Waals surface area (Å²) in [6.07, 6.45) is 3.32. The molecular formula is C13H15N3O. The Hall–Kier alpha value is -2.10. The van der Waals surface area contributed by atoms with Gasteiger partial charge in [0.25, 0.3) is 5.56 Å². The van der Waals surface area contributed by atoms with Gasteiger partial charge in [-0.1, -0.05) is 19.9 Å². The summed E-state index contributed by atoms with van der Waals surface area (Å²) >= 11 is 0. The van der Waals surface area contributed by atoms with Crippen LogP contribution in [0.25, 0.3) is 0 Å². The second-order valence-corrected chi connectivity index (χ2v) is 4.13. The van der Waals surface area contributed by atoms with E-state index in [9.17, 15) is 4.79 Å². The highest BCUT2D eigenvalue weighted by Gasteiger charge is 2.08. The van der Waals surface area contributed by atoms with Gasteiger partial charge in [0, 0.05) is 12.4 Å². The minimum absolute atomic E-state index is 0.146. The maximum absolute atomic E-state index is 11.6. The molecule has 4 nitrogen and oxygen atoms in total. The van der Waals surface area contributed by atoms with Crippen LogP contribution in [0.5, 0.6) is 0 Å². The molecule has 0 spiro atoms. The van der Waals surface area contributed by atoms with Crippen LogP contribution in [0.4, 0.5) is 11.5 Å². The minimum Gasteiger partial charge on any atom is -0.336 e. The van der Waals surface area contributed by atoms with Gasteiger partial charge in [-0.25, -0.2) is 4.98 Å². The van der Waals surface area contributed by atoms with E-state index < -0.39 is 0 Å². The predicted octanol–water partition coefficient (Wildman–Crippen LogP) is 2.64. The molecule has 17 heavy (non-hydrogen) atoms. The average molecular weight is 229 g/mol. The van der Waals surface area contributed by atoms with Crippen LogP contribution < -0.4 is 10.9 Å². The lowest BCUT2D eigenvalue weighted by Crippen LogP contribution is -2.11. The van der Waals surface area contributed by atoms with Gasteiger partial charge in [-0.05, 0) is 29.7 Å². The minimum atomic E-state index is -0.146. The zero-order chi connectivity index (χ0) is 12.3. The molecule has 0 aromatic carbocycles. The maximum atomic E-state index is 11.6. The Balaban J connectivity index is 2.37. The fourth-order valence-corrected chi connectivity index (χ4v) is 1.64. The summed E-state index contributed by atoms with van der Waals surface area (Å²) in [6, 6.07) is 7.42. The van der Waals surface area contributed by atoms with Gasteiger partial charge in [0.15, 0.2) is 0 Å². The van der Waals surface area contributed by atoms with E-state index in [1.165, 1.54) is 0 Å². The average Bonchev–Trinajstić information content (AvgIpc) is 2.32. The molecule has 0 aliphatic heterocycles. The highest BCUT2D eigenvalue weighted by atomic mass is 16.1. The number of nitrogens with zero attached hydrogens (tertiary/aromatic N) is 1. The number of hydrogen-bond donors (Lipinski definition) is 2. The monoisotopic (exact) mass is 229 g/mol. The topological polar surface area (TPSA) is 57.8 Å². The standard InChI is InChI=1S/C13H15N3O/c1-9(2)10-5-3-7-14-12(10)16-11-6-4-8-15-13(11)17/h3-9H,1-2H3,(H,14,16)(H,15,17). The second-order valence-electron chi connectivity index (χ2n) is 4.13. The number of anilines is 2. The van der Waals surface area contributed by atoms with E-state index in [0.29, 0.717) is 11.6 Å². The first-order chi connectivity index (χ1) is 8.18. The summed E-state index contributed by atoms with van der Waals surface area (Å²) in [5.74, 6) is 1.09. The molecule has 2 heterocycles. The molecular weight excluding hydrogens is 214 g/mol. The molecule has 0 saturated carbocycles. The van der Waals surface area contributed by atoms with Crippen molar-refractivity contribution in [3.63, 3.8) is 0 Å². The molecule has 2 rings (SSSR count). The molecule has 4 heteroatoms. The summed E-state index contributed by atoms with van der Waals surface area (Å²) in [7, 11) is 0. The summed E-state index contributed by atoms with van der Waals surface area (Å²) in [5, 5.41) is 3.07. The van der Waals surface area contributed by atoms with Crippen molar-refractivity contribution in [2.24, 2.45) is 0 Å². The third kappa shape index (κ3) is 2.53. The lowest BCUT2D eigenvalue weighted by molar-refractivity contribution is 0.861. The molecule has 0 bridgehead atoms. The molecule has 0 amide bonds. The zero-order valence-corrected chi connectivity index (χ0v) is 9.90. The summed E-state index contributed by atoms with van der Waals surface area (Å²) < 4.78 is 0. The van der Waals surface area contributed by atoms with Crippen molar-refractivity contribution >= 4 is 11.5 Å². The highest BCUT2D eigenvalue weighted by molar-refractivity contribution is 5.58. The number of aromatic nitrogens is 2. The normalized spacial score (nSPS) is 10.5. The second kappa shape index (κ2) is 4.82. The SMILES string of the molecule is CC(C)c1cccnc1Nc1ccc[nH]c1=O. The Bertz CT molecular complexity index is 560. The number of aromatic amines is 1. The fraction of sp³-hybridized carbons (Fsp3) is 0.231. The van der Waals surface area contributed by atoms with Crippen LogP contribution in [0, 0.1) is 0 Å². The van der Waals surface area contributed by atoms with E-state index in [1.54, 1.807) is 24.5 Å². The first kappa shape index (κ1) is 11.4. The molecule has 0 saturated heterocycles. The van der Waals surface area contributed by atoms with Crippen molar-refractivity contribution in [2.45, 2.75) is 19.8 Å². The summed E-state index contributed by atoms with van der Waals surface area (Å²) in [6.45, 7) is 4.19. The van der Waals surface area contributed by atoms with E-state index in [1.807, 2.05) is 12.1 Å². The van der Waals surface area contributed by atoms with Gasteiger partial charge in [-0.15, -0.1) is 0 Å². The van der Waals surface area contributed by atoms with Crippen LogP contribution >= 0.6 is 0 Å². The van der Waals surface area contributed by atoms with Crippen LogP contribution in [0.1, 0.15) is 25.3 Å². The molecule has 0 fully saturated rings. The molecule has 0 aliphatic rings. The molecule has 0 aliphatic carbocycles. The van der Waals surface area contributed by atoms with E-state index in [-0.39, 0.29) is 5.56 Å². The van der Waals surface area contributed by atoms with Gasteiger partial charge >= 0.3 is 0 Å². The van der Waals surface area contributed by atoms with Gasteiger partial charge in [-0.2, -0.15) is 0 Å². The molecule has 0 atom stereocenters. The van der Waals surface area contributed by atoms with Crippen molar-refractivity contribution < 1.29 is 0 Å². The van der Waals surface area contributed by atoms with Crippen molar-refractivity contribution in [3.8, 4) is 0 Å². The number of rotatable bonds is 3. The van der Waals surface area contributed by atoms with Crippen LogP contribution in [-0.2, 0) is 0 Å². The van der Waals surface area contributed by atoms with Crippen molar-refractivity contribution in [1.29, 1.82) is 0 Å². The molecule has 0 radical (unpaired) electrons. The van der Waals surface area contributed by atoms with Crippen molar-refractivity contribution in [3.05, 3.63) is 52.6 Å². The first-order valence-corrected chi connectivity index (χ1v) is 5.58. The van der Waals surface area contributed by atoms with E-state index in [0.717, 1.165) is 11.4 Å². The van der Waals surface area contributed by atoms with Gasteiger partial charge in [0.05, 0.1) is 0 Å². The first-order valence-electron chi connectivity index (χ1n) is 5.58. The van der Waals surface area contributed by atoms with Crippen LogP contribution in [0.15, 0.2) is 41.5 Å². The van der Waals surface area contributed by atoms with Crippen LogP contribution in [0.3, 0.4) is 0 Å². The zero-order valence-electron chi connectivity index (χ0n) is 9.90. The van der Waals surface area contributed by atoms with Gasteiger partial charge in [0.1, 0.15) is 11.5 Å². The fourth-order valence-electron chi connectivity index (χ4n) is 1.64. The Kier molecular flexibility index (Phi) is 3.23. The molecule has 2 N–H and O–H groups in total. The van der Waals surface area contributed by atoms with Crippen LogP contribution in [0.2, 0.25) is 0 Å². The van der Waals surface area contributed by atoms with E-state index >= 15 is 0 Å². The third-order valence-corrected chi connectivity index (χ3v) is 2.53. The largest absolute Gasteiger partial charge is 0.336 e. The van der Waals surface area contributed by atoms with Crippen molar-refractivity contribution in [1.82, 2.24) is 9.97 Å². The Labute approximate surface area is 99.7 Å². The van der Waals surface area contributed by atoms with Crippen molar-refractivity contribution in [2.75, 3.05) is 5.32 Å². The predicted molar refractivity (Wildman–Crippen MR) is 68.7 cm³/mol. The molecule has 2 aromatic rings. The van der Waals surface area contributed by atoms with Gasteiger partial charge < -0.3 is 10.3 Å². The lowest BCUT2D eigenvalue weighted by Gasteiger charge is -2.12. The smallest absolute Gasteiger partial charge is 0.271 e. The lowest BCUT2D eigenvalue weighted by atomic mass is 10.0. The van der Waals surface area contributed by atoms with E-state index in [4.69, 9.17) is 0 Å². The van der Waals surface area contributed by atoms with E-state index in [2.05, 4.69) is 29.1 Å². The number of hydrogen-bond acceptors (Lipinski definition) is 3. The molecule has 2 aromatic heterocycles.